The summed E-state index contributed by atoms with van der Waals surface area (Å²) in [5.74, 6) is 2.08. The second kappa shape index (κ2) is 6.34. The van der Waals surface area contributed by atoms with Crippen molar-refractivity contribution < 1.29 is 13.9 Å². The number of ether oxygens (including phenoxy) is 2. The first-order chi connectivity index (χ1) is 10.8. The van der Waals surface area contributed by atoms with Crippen LogP contribution < -0.4 is 0 Å². The van der Waals surface area contributed by atoms with Crippen molar-refractivity contribution in [3.63, 3.8) is 0 Å². The van der Waals surface area contributed by atoms with Gasteiger partial charge in [-0.15, -0.1) is 0 Å². The van der Waals surface area contributed by atoms with Crippen molar-refractivity contribution in [1.29, 1.82) is 0 Å². The van der Waals surface area contributed by atoms with E-state index in [9.17, 15) is 0 Å². The SMILES string of the molecule is c1cc([C@@H]2CCCCO2)oc1CN1CCOC2(CCCC2)C1. The molecular weight excluding hydrogens is 278 g/mol. The zero-order chi connectivity index (χ0) is 14.8. The predicted molar refractivity (Wildman–Crippen MR) is 83.7 cm³/mol. The van der Waals surface area contributed by atoms with E-state index in [0.29, 0.717) is 0 Å². The highest BCUT2D eigenvalue weighted by molar-refractivity contribution is 5.10. The fraction of sp³-hybridized carbons (Fsp3) is 0.778. The highest BCUT2D eigenvalue weighted by Crippen LogP contribution is 2.36. The quantitative estimate of drug-likeness (QED) is 0.853. The number of furan rings is 1. The van der Waals surface area contributed by atoms with Gasteiger partial charge < -0.3 is 13.9 Å². The van der Waals surface area contributed by atoms with Crippen molar-refractivity contribution in [3.8, 4) is 0 Å². The summed E-state index contributed by atoms with van der Waals surface area (Å²) in [7, 11) is 0. The molecule has 1 aromatic heterocycles. The van der Waals surface area contributed by atoms with Gasteiger partial charge in [0.25, 0.3) is 0 Å². The maximum Gasteiger partial charge on any atom is 0.133 e. The molecule has 0 unspecified atom stereocenters. The van der Waals surface area contributed by atoms with Crippen LogP contribution in [0, 0.1) is 0 Å². The van der Waals surface area contributed by atoms with Gasteiger partial charge in [0.1, 0.15) is 17.6 Å². The van der Waals surface area contributed by atoms with Crippen LogP contribution in [0.15, 0.2) is 16.5 Å². The molecule has 0 amide bonds. The van der Waals surface area contributed by atoms with Crippen molar-refractivity contribution in [3.05, 3.63) is 23.7 Å². The Morgan fingerprint density at radius 3 is 2.82 bits per heavy atom. The third kappa shape index (κ3) is 3.10. The minimum absolute atomic E-state index is 0.139. The van der Waals surface area contributed by atoms with E-state index in [-0.39, 0.29) is 11.7 Å². The molecule has 1 spiro atoms. The van der Waals surface area contributed by atoms with Crippen molar-refractivity contribution in [2.45, 2.75) is 63.2 Å². The van der Waals surface area contributed by atoms with Gasteiger partial charge in [-0.2, -0.15) is 0 Å². The van der Waals surface area contributed by atoms with E-state index in [2.05, 4.69) is 17.0 Å². The van der Waals surface area contributed by atoms with Gasteiger partial charge in [-0.1, -0.05) is 12.8 Å². The first-order valence-corrected chi connectivity index (χ1v) is 8.90. The molecule has 3 heterocycles. The van der Waals surface area contributed by atoms with Crippen LogP contribution in [0.5, 0.6) is 0 Å². The molecule has 22 heavy (non-hydrogen) atoms. The fourth-order valence-electron chi connectivity index (χ4n) is 4.22. The normalized spacial score (nSPS) is 29.2. The van der Waals surface area contributed by atoms with E-state index in [1.54, 1.807) is 0 Å². The Hall–Kier alpha value is -0.840. The Labute approximate surface area is 132 Å². The van der Waals surface area contributed by atoms with Gasteiger partial charge in [0.05, 0.1) is 18.8 Å². The van der Waals surface area contributed by atoms with E-state index >= 15 is 0 Å². The molecule has 4 nitrogen and oxygen atoms in total. The maximum atomic E-state index is 6.10. The van der Waals surface area contributed by atoms with Crippen molar-refractivity contribution >= 4 is 0 Å². The Kier molecular flexibility index (Phi) is 4.25. The average Bonchev–Trinajstić information content (AvgIpc) is 3.19. The third-order valence-electron chi connectivity index (χ3n) is 5.40. The molecule has 0 bridgehead atoms. The fourth-order valence-corrected chi connectivity index (χ4v) is 4.22. The number of nitrogens with zero attached hydrogens (tertiary/aromatic N) is 1. The van der Waals surface area contributed by atoms with E-state index in [4.69, 9.17) is 13.9 Å². The van der Waals surface area contributed by atoms with Gasteiger partial charge in [-0.3, -0.25) is 4.90 Å². The molecule has 1 aromatic rings. The number of rotatable bonds is 3. The summed E-state index contributed by atoms with van der Waals surface area (Å²) >= 11 is 0. The van der Waals surface area contributed by atoms with Gasteiger partial charge in [-0.25, -0.2) is 0 Å². The van der Waals surface area contributed by atoms with Crippen LogP contribution in [0.25, 0.3) is 0 Å². The lowest BCUT2D eigenvalue weighted by molar-refractivity contribution is -0.108. The summed E-state index contributed by atoms with van der Waals surface area (Å²) in [6.45, 7) is 4.70. The van der Waals surface area contributed by atoms with Crippen LogP contribution in [-0.4, -0.2) is 36.8 Å². The summed E-state index contributed by atoms with van der Waals surface area (Å²) in [5, 5.41) is 0. The molecule has 1 aliphatic carbocycles. The van der Waals surface area contributed by atoms with E-state index in [1.807, 2.05) is 0 Å². The molecule has 4 rings (SSSR count). The Morgan fingerprint density at radius 1 is 1.09 bits per heavy atom. The van der Waals surface area contributed by atoms with Gasteiger partial charge >= 0.3 is 0 Å². The van der Waals surface area contributed by atoms with Crippen LogP contribution in [-0.2, 0) is 16.0 Å². The zero-order valence-electron chi connectivity index (χ0n) is 13.4. The lowest BCUT2D eigenvalue weighted by Crippen LogP contribution is -2.49. The lowest BCUT2D eigenvalue weighted by Gasteiger charge is -2.40. The number of morpholine rings is 1. The van der Waals surface area contributed by atoms with Crippen LogP contribution in [0.2, 0.25) is 0 Å². The molecular formula is C18H27NO3. The molecule has 1 saturated carbocycles. The van der Waals surface area contributed by atoms with Crippen LogP contribution in [0.3, 0.4) is 0 Å². The highest BCUT2D eigenvalue weighted by atomic mass is 16.5. The molecule has 0 aromatic carbocycles. The van der Waals surface area contributed by atoms with Crippen LogP contribution in [0.1, 0.15) is 62.6 Å². The largest absolute Gasteiger partial charge is 0.462 e. The molecule has 4 heteroatoms. The minimum atomic E-state index is 0.139. The summed E-state index contributed by atoms with van der Waals surface area (Å²) < 4.78 is 18.0. The van der Waals surface area contributed by atoms with Crippen LogP contribution in [0.4, 0.5) is 0 Å². The first-order valence-electron chi connectivity index (χ1n) is 8.90. The maximum absolute atomic E-state index is 6.10. The van der Waals surface area contributed by atoms with Crippen molar-refractivity contribution in [2.75, 3.05) is 26.3 Å². The van der Waals surface area contributed by atoms with Crippen molar-refractivity contribution in [1.82, 2.24) is 4.90 Å². The summed E-state index contributed by atoms with van der Waals surface area (Å²) in [4.78, 5) is 2.50. The minimum Gasteiger partial charge on any atom is -0.462 e. The Morgan fingerprint density at radius 2 is 2.00 bits per heavy atom. The first kappa shape index (κ1) is 14.7. The second-order valence-electron chi connectivity index (χ2n) is 7.11. The van der Waals surface area contributed by atoms with E-state index < -0.39 is 0 Å². The highest BCUT2D eigenvalue weighted by Gasteiger charge is 2.39. The van der Waals surface area contributed by atoms with Gasteiger partial charge in [0.2, 0.25) is 0 Å². The molecule has 1 atom stereocenters. The molecule has 3 fully saturated rings. The van der Waals surface area contributed by atoms with E-state index in [0.717, 1.165) is 50.8 Å². The average molecular weight is 305 g/mol. The molecule has 0 N–H and O–H groups in total. The molecule has 2 saturated heterocycles. The topological polar surface area (TPSA) is 34.8 Å². The van der Waals surface area contributed by atoms with Gasteiger partial charge in [-0.05, 0) is 44.2 Å². The molecule has 2 aliphatic heterocycles. The summed E-state index contributed by atoms with van der Waals surface area (Å²) in [5.41, 5.74) is 0.139. The molecule has 3 aliphatic rings. The zero-order valence-corrected chi connectivity index (χ0v) is 13.4. The molecule has 122 valence electrons. The number of hydrogen-bond acceptors (Lipinski definition) is 4. The Bertz CT molecular complexity index is 486. The van der Waals surface area contributed by atoms with Crippen LogP contribution >= 0.6 is 0 Å². The third-order valence-corrected chi connectivity index (χ3v) is 5.40. The lowest BCUT2D eigenvalue weighted by atomic mass is 10.00. The standard InChI is InChI=1S/C18H27NO3/c1-4-11-20-16(5-1)17-7-6-15(22-17)13-19-10-12-21-18(14-19)8-2-3-9-18/h6-7,16H,1-5,8-14H2/t16-/m0/s1. The van der Waals surface area contributed by atoms with Gasteiger partial charge in [0, 0.05) is 19.7 Å². The van der Waals surface area contributed by atoms with Gasteiger partial charge in [0.15, 0.2) is 0 Å². The monoisotopic (exact) mass is 305 g/mol. The smallest absolute Gasteiger partial charge is 0.133 e. The number of hydrogen-bond donors (Lipinski definition) is 0. The predicted octanol–water partition coefficient (Wildman–Crippen LogP) is 3.67. The van der Waals surface area contributed by atoms with E-state index in [1.165, 1.54) is 38.5 Å². The second-order valence-corrected chi connectivity index (χ2v) is 7.11. The summed E-state index contributed by atoms with van der Waals surface area (Å²) in [6.07, 6.45) is 8.77. The summed E-state index contributed by atoms with van der Waals surface area (Å²) in [6, 6.07) is 4.24. The molecule has 0 radical (unpaired) electrons. The van der Waals surface area contributed by atoms with Crippen molar-refractivity contribution in [2.24, 2.45) is 0 Å². The Balaban J connectivity index is 1.37.